The molecular formula is C23H32N2O3S. The van der Waals surface area contributed by atoms with Crippen molar-refractivity contribution in [3.63, 3.8) is 0 Å². The molecule has 1 aliphatic heterocycles. The molecule has 29 heavy (non-hydrogen) atoms. The summed E-state index contributed by atoms with van der Waals surface area (Å²) < 4.78 is 5.49. The van der Waals surface area contributed by atoms with Crippen molar-refractivity contribution in [3.05, 3.63) is 41.1 Å². The van der Waals surface area contributed by atoms with Gasteiger partial charge in [-0.1, -0.05) is 44.7 Å². The summed E-state index contributed by atoms with van der Waals surface area (Å²) in [7, 11) is 0. The highest BCUT2D eigenvalue weighted by molar-refractivity contribution is 8.00. The molecule has 1 heterocycles. The summed E-state index contributed by atoms with van der Waals surface area (Å²) >= 11 is 1.94. The maximum Gasteiger partial charge on any atom is 0.338 e. The summed E-state index contributed by atoms with van der Waals surface area (Å²) in [5.74, 6) is -0.374. The van der Waals surface area contributed by atoms with Crippen molar-refractivity contribution in [2.75, 3.05) is 0 Å². The van der Waals surface area contributed by atoms with E-state index in [1.54, 1.807) is 0 Å². The lowest BCUT2D eigenvalue weighted by Crippen LogP contribution is -2.46. The Hall–Kier alpha value is -1.95. The summed E-state index contributed by atoms with van der Waals surface area (Å²) in [6.45, 7) is 5.69. The van der Waals surface area contributed by atoms with Gasteiger partial charge in [0.2, 0.25) is 0 Å². The molecule has 6 heteroatoms. The van der Waals surface area contributed by atoms with Crippen molar-refractivity contribution in [3.8, 4) is 0 Å². The minimum atomic E-state index is -0.495. The Morgan fingerprint density at radius 1 is 1.17 bits per heavy atom. The van der Waals surface area contributed by atoms with Crippen LogP contribution in [0.4, 0.5) is 4.79 Å². The Morgan fingerprint density at radius 2 is 1.86 bits per heavy atom. The Labute approximate surface area is 178 Å². The molecule has 3 rings (SSSR count). The van der Waals surface area contributed by atoms with Crippen LogP contribution in [0.1, 0.15) is 77.3 Å². The van der Waals surface area contributed by atoms with Gasteiger partial charge in [0, 0.05) is 15.8 Å². The van der Waals surface area contributed by atoms with Crippen molar-refractivity contribution in [2.45, 2.75) is 88.0 Å². The van der Waals surface area contributed by atoms with Gasteiger partial charge >= 0.3 is 12.0 Å². The third-order valence-electron chi connectivity index (χ3n) is 5.28. The number of hydrogen-bond acceptors (Lipinski definition) is 4. The highest BCUT2D eigenvalue weighted by Gasteiger charge is 2.33. The van der Waals surface area contributed by atoms with E-state index in [1.165, 1.54) is 37.0 Å². The predicted octanol–water partition coefficient (Wildman–Crippen LogP) is 5.47. The van der Waals surface area contributed by atoms with Crippen LogP contribution in [0, 0.1) is 0 Å². The van der Waals surface area contributed by atoms with Gasteiger partial charge in [0.25, 0.3) is 0 Å². The van der Waals surface area contributed by atoms with Gasteiger partial charge in [0.15, 0.2) is 0 Å². The van der Waals surface area contributed by atoms with E-state index >= 15 is 0 Å². The Balaban J connectivity index is 1.84. The molecule has 5 nitrogen and oxygen atoms in total. The number of carbonyl (C=O) groups is 2. The Bertz CT molecular complexity index is 752. The van der Waals surface area contributed by atoms with Crippen LogP contribution in [0.25, 0.3) is 0 Å². The fraction of sp³-hybridized carbons (Fsp3) is 0.565. The van der Waals surface area contributed by atoms with E-state index in [9.17, 15) is 9.59 Å². The van der Waals surface area contributed by atoms with Crippen molar-refractivity contribution in [2.24, 2.45) is 0 Å². The molecule has 1 aromatic carbocycles. The first-order valence-electron chi connectivity index (χ1n) is 10.8. The molecule has 1 aliphatic carbocycles. The summed E-state index contributed by atoms with van der Waals surface area (Å²) in [5, 5.41) is 6.42. The van der Waals surface area contributed by atoms with Gasteiger partial charge in [-0.05, 0) is 50.8 Å². The van der Waals surface area contributed by atoms with Gasteiger partial charge in [0.1, 0.15) is 0 Å². The first kappa shape index (κ1) is 21.8. The number of hydrogen-bond donors (Lipinski definition) is 2. The van der Waals surface area contributed by atoms with Crippen molar-refractivity contribution >= 4 is 23.8 Å². The van der Waals surface area contributed by atoms with Crippen LogP contribution >= 0.6 is 11.8 Å². The number of carbonyl (C=O) groups excluding carboxylic acids is 2. The monoisotopic (exact) mass is 416 g/mol. The number of esters is 1. The Morgan fingerprint density at radius 3 is 2.48 bits per heavy atom. The molecule has 1 atom stereocenters. The van der Waals surface area contributed by atoms with Crippen molar-refractivity contribution in [1.29, 1.82) is 0 Å². The molecule has 158 valence electrons. The minimum absolute atomic E-state index is 0.217. The number of urea groups is 1. The smallest absolute Gasteiger partial charge is 0.338 e. The van der Waals surface area contributed by atoms with Gasteiger partial charge in [-0.15, -0.1) is 11.8 Å². The number of allylic oxidation sites excluding steroid dienone is 1. The molecule has 0 spiro atoms. The molecule has 0 saturated heterocycles. The number of thioether (sulfide) groups is 1. The highest BCUT2D eigenvalue weighted by Crippen LogP contribution is 2.35. The molecule has 1 saturated carbocycles. The molecular weight excluding hydrogens is 384 g/mol. The van der Waals surface area contributed by atoms with Gasteiger partial charge < -0.3 is 15.4 Å². The normalized spacial score (nSPS) is 20.4. The lowest BCUT2D eigenvalue weighted by atomic mass is 9.94. The zero-order chi connectivity index (χ0) is 20.8. The van der Waals surface area contributed by atoms with Crippen LogP contribution in [0.5, 0.6) is 0 Å². The van der Waals surface area contributed by atoms with E-state index in [4.69, 9.17) is 4.74 Å². The maximum atomic E-state index is 12.8. The van der Waals surface area contributed by atoms with Gasteiger partial charge in [0.05, 0.1) is 17.7 Å². The summed E-state index contributed by atoms with van der Waals surface area (Å²) in [4.78, 5) is 26.3. The second-order valence-electron chi connectivity index (χ2n) is 8.07. The van der Waals surface area contributed by atoms with Crippen LogP contribution in [0.15, 0.2) is 40.4 Å². The number of amides is 2. The highest BCUT2D eigenvalue weighted by atomic mass is 32.2. The van der Waals surface area contributed by atoms with Crippen LogP contribution in [-0.2, 0) is 9.53 Å². The molecule has 2 amide bonds. The van der Waals surface area contributed by atoms with E-state index in [0.717, 1.165) is 12.0 Å². The maximum absolute atomic E-state index is 12.8. The standard InChI is InChI=1S/C23H32N2O3S/c1-4-8-19-20(22(26)28-15(2)3)21(25-23(27)24-19)16-11-13-18(14-12-16)29-17-9-6-5-7-10-17/h11-15,17,21H,4-10H2,1-3H3,(H2,24,25,27). The van der Waals surface area contributed by atoms with Gasteiger partial charge in [-0.3, -0.25) is 0 Å². The second-order valence-corrected chi connectivity index (χ2v) is 9.45. The van der Waals surface area contributed by atoms with Crippen LogP contribution in [0.3, 0.4) is 0 Å². The molecule has 1 fully saturated rings. The van der Waals surface area contributed by atoms with E-state index in [-0.39, 0.29) is 18.1 Å². The van der Waals surface area contributed by atoms with E-state index in [1.807, 2.05) is 44.7 Å². The van der Waals surface area contributed by atoms with E-state index in [2.05, 4.69) is 22.8 Å². The summed E-state index contributed by atoms with van der Waals surface area (Å²) in [6, 6.07) is 7.48. The molecule has 0 radical (unpaired) electrons. The van der Waals surface area contributed by atoms with Crippen molar-refractivity contribution in [1.82, 2.24) is 10.6 Å². The second kappa shape index (κ2) is 10.2. The number of rotatable bonds is 7. The molecule has 1 aromatic rings. The number of nitrogens with one attached hydrogen (secondary N) is 2. The number of ether oxygens (including phenoxy) is 1. The van der Waals surface area contributed by atoms with E-state index < -0.39 is 6.04 Å². The van der Waals surface area contributed by atoms with Gasteiger partial charge in [-0.25, -0.2) is 9.59 Å². The summed E-state index contributed by atoms with van der Waals surface area (Å²) in [5.41, 5.74) is 2.07. The lowest BCUT2D eigenvalue weighted by molar-refractivity contribution is -0.143. The van der Waals surface area contributed by atoms with Crippen LogP contribution < -0.4 is 10.6 Å². The first-order valence-corrected chi connectivity index (χ1v) is 11.6. The zero-order valence-corrected chi connectivity index (χ0v) is 18.4. The third kappa shape index (κ3) is 5.78. The fourth-order valence-electron chi connectivity index (χ4n) is 3.95. The molecule has 0 aromatic heterocycles. The Kier molecular flexibility index (Phi) is 7.64. The third-order valence-corrected chi connectivity index (χ3v) is 6.63. The average molecular weight is 417 g/mol. The largest absolute Gasteiger partial charge is 0.459 e. The van der Waals surface area contributed by atoms with Crippen LogP contribution in [0.2, 0.25) is 0 Å². The zero-order valence-electron chi connectivity index (χ0n) is 17.6. The topological polar surface area (TPSA) is 67.4 Å². The van der Waals surface area contributed by atoms with Crippen LogP contribution in [-0.4, -0.2) is 23.4 Å². The molecule has 2 N–H and O–H groups in total. The minimum Gasteiger partial charge on any atom is -0.459 e. The number of benzene rings is 1. The SMILES string of the molecule is CCCC1=C(C(=O)OC(C)C)C(c2ccc(SC3CCCCC3)cc2)NC(=O)N1. The average Bonchev–Trinajstić information content (AvgIpc) is 2.68. The lowest BCUT2D eigenvalue weighted by Gasteiger charge is -2.30. The molecule has 1 unspecified atom stereocenters. The van der Waals surface area contributed by atoms with E-state index in [0.29, 0.717) is 22.9 Å². The first-order chi connectivity index (χ1) is 14.0. The quantitative estimate of drug-likeness (QED) is 0.578. The fourth-order valence-corrected chi connectivity index (χ4v) is 5.20. The summed E-state index contributed by atoms with van der Waals surface area (Å²) in [6.07, 6.45) is 7.81. The van der Waals surface area contributed by atoms with Gasteiger partial charge in [-0.2, -0.15) is 0 Å². The molecule has 0 bridgehead atoms. The molecule has 2 aliphatic rings. The predicted molar refractivity (Wildman–Crippen MR) is 117 cm³/mol. The van der Waals surface area contributed by atoms with Crippen molar-refractivity contribution < 1.29 is 14.3 Å².